The molecule has 94 valence electrons. The zero-order valence-corrected chi connectivity index (χ0v) is 10.6. The molecule has 1 aliphatic carbocycles. The summed E-state index contributed by atoms with van der Waals surface area (Å²) in [5.74, 6) is 1.21. The molecule has 1 saturated heterocycles. The number of nitrogens with two attached hydrogens (primary N) is 1. The van der Waals surface area contributed by atoms with Crippen molar-refractivity contribution >= 4 is 0 Å². The average Bonchev–Trinajstić information content (AvgIpc) is 2.77. The van der Waals surface area contributed by atoms with Gasteiger partial charge in [-0.1, -0.05) is 0 Å². The summed E-state index contributed by atoms with van der Waals surface area (Å²) in [4.78, 5) is 2.64. The van der Waals surface area contributed by atoms with Gasteiger partial charge in [0.1, 0.15) is 5.76 Å². The highest BCUT2D eigenvalue weighted by Crippen LogP contribution is 2.37. The van der Waals surface area contributed by atoms with Gasteiger partial charge in [-0.3, -0.25) is 4.90 Å². The molecular formula is C14H22N2O. The van der Waals surface area contributed by atoms with E-state index in [1.54, 1.807) is 0 Å². The molecule has 3 atom stereocenters. The molecule has 3 rings (SSSR count). The van der Waals surface area contributed by atoms with E-state index >= 15 is 0 Å². The molecule has 3 heteroatoms. The second-order valence-electron chi connectivity index (χ2n) is 5.58. The van der Waals surface area contributed by atoms with E-state index in [0.29, 0.717) is 18.1 Å². The third-order valence-corrected chi connectivity index (χ3v) is 4.39. The van der Waals surface area contributed by atoms with Crippen LogP contribution < -0.4 is 5.73 Å². The van der Waals surface area contributed by atoms with Crippen molar-refractivity contribution in [2.75, 3.05) is 6.54 Å². The second kappa shape index (κ2) is 4.46. The molecule has 3 unspecified atom stereocenters. The molecule has 2 aliphatic rings. The first-order valence-electron chi connectivity index (χ1n) is 6.83. The van der Waals surface area contributed by atoms with Crippen LogP contribution in [0.25, 0.3) is 0 Å². The number of hydrogen-bond donors (Lipinski definition) is 1. The summed E-state index contributed by atoms with van der Waals surface area (Å²) in [6.07, 6.45) is 7.74. The summed E-state index contributed by atoms with van der Waals surface area (Å²) in [5, 5.41) is 0. The van der Waals surface area contributed by atoms with E-state index < -0.39 is 0 Å². The summed E-state index contributed by atoms with van der Waals surface area (Å²) < 4.78 is 5.58. The summed E-state index contributed by atoms with van der Waals surface area (Å²) >= 11 is 0. The van der Waals surface area contributed by atoms with Crippen LogP contribution in [-0.4, -0.2) is 23.5 Å². The van der Waals surface area contributed by atoms with Gasteiger partial charge in [0.05, 0.1) is 6.26 Å². The molecule has 1 fully saturated rings. The van der Waals surface area contributed by atoms with Crippen LogP contribution in [0.4, 0.5) is 0 Å². The third kappa shape index (κ3) is 2.02. The fourth-order valence-electron chi connectivity index (χ4n) is 3.50. The molecule has 0 bridgehead atoms. The number of piperidine rings is 1. The Bertz CT molecular complexity index is 387. The molecule has 2 N–H and O–H groups in total. The van der Waals surface area contributed by atoms with Gasteiger partial charge >= 0.3 is 0 Å². The summed E-state index contributed by atoms with van der Waals surface area (Å²) in [7, 11) is 0. The molecule has 0 spiro atoms. The normalized spacial score (nSPS) is 34.6. The smallest absolute Gasteiger partial charge is 0.108 e. The highest BCUT2D eigenvalue weighted by molar-refractivity contribution is 5.24. The molecule has 1 aromatic heterocycles. The van der Waals surface area contributed by atoms with Crippen molar-refractivity contribution in [1.29, 1.82) is 0 Å². The predicted octanol–water partition coefficient (Wildman–Crippen LogP) is 2.47. The van der Waals surface area contributed by atoms with Crippen molar-refractivity contribution in [3.8, 4) is 0 Å². The van der Waals surface area contributed by atoms with Gasteiger partial charge in [0.15, 0.2) is 0 Å². The first-order chi connectivity index (χ1) is 8.25. The van der Waals surface area contributed by atoms with Gasteiger partial charge in [0, 0.05) is 36.7 Å². The molecular weight excluding hydrogens is 212 g/mol. The van der Waals surface area contributed by atoms with Crippen LogP contribution in [-0.2, 0) is 6.42 Å². The Hall–Kier alpha value is -0.800. The monoisotopic (exact) mass is 234 g/mol. The maximum atomic E-state index is 6.05. The number of furan rings is 1. The first-order valence-corrected chi connectivity index (χ1v) is 6.83. The van der Waals surface area contributed by atoms with Gasteiger partial charge < -0.3 is 10.2 Å². The second-order valence-corrected chi connectivity index (χ2v) is 5.58. The minimum absolute atomic E-state index is 0.397. The lowest BCUT2D eigenvalue weighted by molar-refractivity contribution is 0.0840. The molecule has 0 aromatic carbocycles. The van der Waals surface area contributed by atoms with Crippen molar-refractivity contribution in [3.05, 3.63) is 23.7 Å². The van der Waals surface area contributed by atoms with Crippen molar-refractivity contribution in [1.82, 2.24) is 4.90 Å². The summed E-state index contributed by atoms with van der Waals surface area (Å²) in [5.41, 5.74) is 7.48. The Morgan fingerprint density at radius 1 is 1.41 bits per heavy atom. The Morgan fingerprint density at radius 3 is 3.12 bits per heavy atom. The number of rotatable bonds is 1. The van der Waals surface area contributed by atoms with Crippen LogP contribution >= 0.6 is 0 Å². The average molecular weight is 234 g/mol. The molecule has 0 radical (unpaired) electrons. The van der Waals surface area contributed by atoms with Gasteiger partial charge in [-0.25, -0.2) is 0 Å². The Balaban J connectivity index is 1.82. The minimum Gasteiger partial charge on any atom is -0.469 e. The lowest BCUT2D eigenvalue weighted by Crippen LogP contribution is -2.47. The van der Waals surface area contributed by atoms with E-state index in [4.69, 9.17) is 10.2 Å². The standard InChI is InChI=1S/C14H22N2O/c1-10-9-11(15)5-7-16(10)13-3-2-4-14-12(13)6-8-17-14/h6,8,10-11,13H,2-5,7,9,15H2,1H3. The van der Waals surface area contributed by atoms with Crippen molar-refractivity contribution in [2.24, 2.45) is 5.73 Å². The van der Waals surface area contributed by atoms with Crippen LogP contribution in [0.5, 0.6) is 0 Å². The van der Waals surface area contributed by atoms with Crippen LogP contribution in [0.3, 0.4) is 0 Å². The summed E-state index contributed by atoms with van der Waals surface area (Å²) in [6.45, 7) is 3.45. The topological polar surface area (TPSA) is 42.4 Å². The Labute approximate surface area is 103 Å². The van der Waals surface area contributed by atoms with Crippen LogP contribution in [0.2, 0.25) is 0 Å². The van der Waals surface area contributed by atoms with Gasteiger partial charge in [0.2, 0.25) is 0 Å². The highest BCUT2D eigenvalue weighted by Gasteiger charge is 2.33. The molecule has 1 aliphatic heterocycles. The van der Waals surface area contributed by atoms with Crippen molar-refractivity contribution in [3.63, 3.8) is 0 Å². The van der Waals surface area contributed by atoms with E-state index in [1.165, 1.54) is 24.2 Å². The maximum absolute atomic E-state index is 6.05. The first kappa shape index (κ1) is 11.3. The Morgan fingerprint density at radius 2 is 2.29 bits per heavy atom. The lowest BCUT2D eigenvalue weighted by Gasteiger charge is -2.42. The number of nitrogens with zero attached hydrogens (tertiary/aromatic N) is 1. The predicted molar refractivity (Wildman–Crippen MR) is 67.8 cm³/mol. The van der Waals surface area contributed by atoms with E-state index in [0.717, 1.165) is 25.8 Å². The SMILES string of the molecule is CC1CC(N)CCN1C1CCCc2occc21. The van der Waals surface area contributed by atoms with Gasteiger partial charge in [0.25, 0.3) is 0 Å². The molecule has 17 heavy (non-hydrogen) atoms. The molecule has 1 aromatic rings. The minimum atomic E-state index is 0.397. The largest absolute Gasteiger partial charge is 0.469 e. The van der Waals surface area contributed by atoms with Gasteiger partial charge in [-0.05, 0) is 38.7 Å². The third-order valence-electron chi connectivity index (χ3n) is 4.39. The van der Waals surface area contributed by atoms with Crippen molar-refractivity contribution < 1.29 is 4.42 Å². The van der Waals surface area contributed by atoms with E-state index in [2.05, 4.69) is 17.9 Å². The number of aryl methyl sites for hydroxylation is 1. The molecule has 0 saturated carbocycles. The number of fused-ring (bicyclic) bond motifs is 1. The van der Waals surface area contributed by atoms with Crippen LogP contribution in [0.15, 0.2) is 16.7 Å². The lowest BCUT2D eigenvalue weighted by atomic mass is 9.88. The van der Waals surface area contributed by atoms with Gasteiger partial charge in [-0.2, -0.15) is 0 Å². The Kier molecular flexibility index (Phi) is 2.97. The number of hydrogen-bond acceptors (Lipinski definition) is 3. The molecule has 2 heterocycles. The van der Waals surface area contributed by atoms with Crippen LogP contribution in [0, 0.1) is 0 Å². The highest BCUT2D eigenvalue weighted by atomic mass is 16.3. The van der Waals surface area contributed by atoms with E-state index in [1.807, 2.05) is 6.26 Å². The number of likely N-dealkylation sites (tertiary alicyclic amines) is 1. The van der Waals surface area contributed by atoms with Crippen LogP contribution in [0.1, 0.15) is 50.0 Å². The maximum Gasteiger partial charge on any atom is 0.108 e. The zero-order valence-electron chi connectivity index (χ0n) is 10.6. The van der Waals surface area contributed by atoms with E-state index in [-0.39, 0.29) is 0 Å². The fraction of sp³-hybridized carbons (Fsp3) is 0.714. The van der Waals surface area contributed by atoms with E-state index in [9.17, 15) is 0 Å². The zero-order chi connectivity index (χ0) is 11.8. The molecule has 3 nitrogen and oxygen atoms in total. The van der Waals surface area contributed by atoms with Crippen molar-refractivity contribution in [2.45, 2.75) is 57.2 Å². The quantitative estimate of drug-likeness (QED) is 0.811. The molecule has 0 amide bonds. The fourth-order valence-corrected chi connectivity index (χ4v) is 3.50. The summed E-state index contributed by atoms with van der Waals surface area (Å²) in [6, 6.07) is 3.73. The van der Waals surface area contributed by atoms with Gasteiger partial charge in [-0.15, -0.1) is 0 Å².